The molecule has 10 nitrogen and oxygen atoms in total. The van der Waals surface area contributed by atoms with Crippen LogP contribution in [0.3, 0.4) is 0 Å². The molecule has 0 aromatic carbocycles. The van der Waals surface area contributed by atoms with E-state index < -0.39 is 0 Å². The Balaban J connectivity index is 2.85. The largest absolute Gasteiger partial charge is 0.383 e. The lowest BCUT2D eigenvalue weighted by atomic mass is 10.3. The van der Waals surface area contributed by atoms with Crippen LogP contribution >= 0.6 is 0 Å². The van der Waals surface area contributed by atoms with Gasteiger partial charge in [0.1, 0.15) is 11.4 Å². The number of amides is 2. The smallest absolute Gasteiger partial charge is 0.274 e. The molecule has 0 saturated heterocycles. The van der Waals surface area contributed by atoms with Gasteiger partial charge in [-0.1, -0.05) is 0 Å². The van der Waals surface area contributed by atoms with Crippen LogP contribution in [0.4, 0.5) is 0 Å². The molecule has 0 fully saturated rings. The van der Waals surface area contributed by atoms with Crippen LogP contribution in [-0.2, 0) is 18.9 Å². The topological polar surface area (TPSA) is 103 Å². The predicted molar refractivity (Wildman–Crippen MR) is 101 cm³/mol. The van der Waals surface area contributed by atoms with Crippen molar-refractivity contribution in [3.8, 4) is 0 Å². The third-order valence-corrected chi connectivity index (χ3v) is 3.93. The summed E-state index contributed by atoms with van der Waals surface area (Å²) in [6.45, 7) is 3.21. The number of rotatable bonds is 14. The highest BCUT2D eigenvalue weighted by Gasteiger charge is 2.20. The third kappa shape index (κ3) is 7.85. The molecule has 10 heteroatoms. The number of carbonyl (C=O) groups excluding carboxylic acids is 2. The van der Waals surface area contributed by atoms with Crippen molar-refractivity contribution in [3.05, 3.63) is 23.8 Å². The number of nitrogens with zero attached hydrogens (tertiary/aromatic N) is 4. The summed E-state index contributed by atoms with van der Waals surface area (Å²) in [5, 5.41) is 0. The Hall–Kier alpha value is -2.14. The molecule has 0 aliphatic carbocycles. The summed E-state index contributed by atoms with van der Waals surface area (Å²) in [5.74, 6) is -0.590. The van der Waals surface area contributed by atoms with Crippen molar-refractivity contribution in [1.82, 2.24) is 19.8 Å². The van der Waals surface area contributed by atoms with Crippen LogP contribution in [0.15, 0.2) is 12.4 Å². The van der Waals surface area contributed by atoms with Crippen LogP contribution < -0.4 is 0 Å². The van der Waals surface area contributed by atoms with Crippen molar-refractivity contribution < 1.29 is 28.5 Å². The van der Waals surface area contributed by atoms with Crippen LogP contribution in [0, 0.1) is 0 Å². The van der Waals surface area contributed by atoms with E-state index in [9.17, 15) is 9.59 Å². The number of methoxy groups -OCH3 is 4. The molecule has 1 aromatic rings. The van der Waals surface area contributed by atoms with Crippen LogP contribution in [0.1, 0.15) is 21.0 Å². The van der Waals surface area contributed by atoms with E-state index in [4.69, 9.17) is 18.9 Å². The van der Waals surface area contributed by atoms with Crippen molar-refractivity contribution in [2.45, 2.75) is 0 Å². The molecule has 28 heavy (non-hydrogen) atoms. The number of hydrogen-bond acceptors (Lipinski definition) is 8. The molecular weight excluding hydrogens is 368 g/mol. The molecule has 1 heterocycles. The zero-order valence-electron chi connectivity index (χ0n) is 17.0. The predicted octanol–water partition coefficient (Wildman–Crippen LogP) is -0.0534. The van der Waals surface area contributed by atoms with Gasteiger partial charge in [0.2, 0.25) is 0 Å². The molecule has 1 rings (SSSR count). The van der Waals surface area contributed by atoms with E-state index in [0.29, 0.717) is 52.6 Å². The molecule has 0 unspecified atom stereocenters. The average Bonchev–Trinajstić information content (AvgIpc) is 2.73. The summed E-state index contributed by atoms with van der Waals surface area (Å²) in [6, 6.07) is 0. The quantitative estimate of drug-likeness (QED) is 0.430. The molecule has 0 saturated carbocycles. The lowest BCUT2D eigenvalue weighted by Gasteiger charge is -2.22. The fourth-order valence-electron chi connectivity index (χ4n) is 2.31. The van der Waals surface area contributed by atoms with E-state index in [0.717, 1.165) is 0 Å². The van der Waals surface area contributed by atoms with Gasteiger partial charge in [0, 0.05) is 54.6 Å². The molecular formula is C18H30N4O6. The second-order valence-corrected chi connectivity index (χ2v) is 5.84. The second kappa shape index (κ2) is 13.9. The molecule has 0 N–H and O–H groups in total. The first kappa shape index (κ1) is 23.9. The molecule has 158 valence electrons. The Kier molecular flexibility index (Phi) is 11.9. The van der Waals surface area contributed by atoms with Gasteiger partial charge < -0.3 is 28.7 Å². The van der Waals surface area contributed by atoms with Gasteiger partial charge in [0.25, 0.3) is 11.8 Å². The Bertz CT molecular complexity index is 517. The van der Waals surface area contributed by atoms with E-state index in [2.05, 4.69) is 9.97 Å². The highest BCUT2D eigenvalue weighted by molar-refractivity contribution is 5.94. The minimum absolute atomic E-state index is 0.157. The average molecular weight is 398 g/mol. The number of hydrogen-bond donors (Lipinski definition) is 0. The van der Waals surface area contributed by atoms with E-state index in [1.165, 1.54) is 12.4 Å². The summed E-state index contributed by atoms with van der Waals surface area (Å²) in [5.41, 5.74) is 0.313. The maximum absolute atomic E-state index is 12.6. The van der Waals surface area contributed by atoms with Crippen molar-refractivity contribution in [2.24, 2.45) is 0 Å². The standard InChI is InChI=1S/C18H30N4O6/c1-25-9-5-21(6-10-26-2)17(23)15-13-20-16(14-19-15)18(24)22(7-11-27-3)8-12-28-4/h13-14H,5-12H2,1-4H3. The SMILES string of the molecule is COCCN(CCOC)C(=O)c1cnc(C(=O)N(CCOC)CCOC)cn1. The number of carbonyl (C=O) groups is 2. The van der Waals surface area contributed by atoms with Crippen LogP contribution in [-0.4, -0.2) is 113 Å². The zero-order chi connectivity index (χ0) is 20.8. The normalized spacial score (nSPS) is 10.7. The molecule has 0 aliphatic heterocycles. The molecule has 0 bridgehead atoms. The molecule has 2 amide bonds. The monoisotopic (exact) mass is 398 g/mol. The highest BCUT2D eigenvalue weighted by Crippen LogP contribution is 2.05. The van der Waals surface area contributed by atoms with E-state index in [1.807, 2.05) is 0 Å². The van der Waals surface area contributed by atoms with Gasteiger partial charge in [-0.2, -0.15) is 0 Å². The Morgan fingerprint density at radius 1 is 0.679 bits per heavy atom. The summed E-state index contributed by atoms with van der Waals surface area (Å²) in [7, 11) is 6.27. The van der Waals surface area contributed by atoms with Crippen molar-refractivity contribution in [1.29, 1.82) is 0 Å². The van der Waals surface area contributed by atoms with Crippen LogP contribution in [0.2, 0.25) is 0 Å². The zero-order valence-corrected chi connectivity index (χ0v) is 17.0. The summed E-state index contributed by atoms with van der Waals surface area (Å²) < 4.78 is 20.2. The van der Waals surface area contributed by atoms with Gasteiger partial charge >= 0.3 is 0 Å². The lowest BCUT2D eigenvalue weighted by molar-refractivity contribution is 0.0609. The molecule has 0 spiro atoms. The summed E-state index contributed by atoms with van der Waals surface area (Å²) in [4.78, 5) is 36.7. The fraction of sp³-hybridized carbons (Fsp3) is 0.667. The van der Waals surface area contributed by atoms with Gasteiger partial charge in [-0.05, 0) is 0 Å². The van der Waals surface area contributed by atoms with Crippen molar-refractivity contribution in [3.63, 3.8) is 0 Å². The first-order chi connectivity index (χ1) is 13.6. The molecule has 0 radical (unpaired) electrons. The number of aromatic nitrogens is 2. The van der Waals surface area contributed by atoms with Gasteiger partial charge in [-0.25, -0.2) is 9.97 Å². The van der Waals surface area contributed by atoms with E-state index in [-0.39, 0.29) is 23.2 Å². The van der Waals surface area contributed by atoms with Gasteiger partial charge in [-0.15, -0.1) is 0 Å². The molecule has 1 aromatic heterocycles. The Labute approximate surface area is 165 Å². The first-order valence-electron chi connectivity index (χ1n) is 8.95. The van der Waals surface area contributed by atoms with Crippen molar-refractivity contribution >= 4 is 11.8 Å². The minimum atomic E-state index is -0.295. The minimum Gasteiger partial charge on any atom is -0.383 e. The maximum Gasteiger partial charge on any atom is 0.274 e. The first-order valence-corrected chi connectivity index (χ1v) is 8.95. The van der Waals surface area contributed by atoms with E-state index >= 15 is 0 Å². The summed E-state index contributed by atoms with van der Waals surface area (Å²) in [6.07, 6.45) is 2.62. The highest BCUT2D eigenvalue weighted by atomic mass is 16.5. The fourth-order valence-corrected chi connectivity index (χ4v) is 2.31. The van der Waals surface area contributed by atoms with E-state index in [1.54, 1.807) is 38.2 Å². The summed E-state index contributed by atoms with van der Waals surface area (Å²) >= 11 is 0. The number of ether oxygens (including phenoxy) is 4. The van der Waals surface area contributed by atoms with Gasteiger partial charge in [0.05, 0.1) is 38.8 Å². The second-order valence-electron chi connectivity index (χ2n) is 5.84. The maximum atomic E-state index is 12.6. The molecule has 0 aliphatic rings. The molecule has 0 atom stereocenters. The van der Waals surface area contributed by atoms with Crippen LogP contribution in [0.5, 0.6) is 0 Å². The third-order valence-electron chi connectivity index (χ3n) is 3.93. The lowest BCUT2D eigenvalue weighted by Crippen LogP contribution is -2.38. The van der Waals surface area contributed by atoms with Crippen molar-refractivity contribution in [2.75, 3.05) is 81.0 Å². The van der Waals surface area contributed by atoms with Gasteiger partial charge in [-0.3, -0.25) is 9.59 Å². The van der Waals surface area contributed by atoms with Crippen LogP contribution in [0.25, 0.3) is 0 Å². The van der Waals surface area contributed by atoms with Gasteiger partial charge in [0.15, 0.2) is 0 Å². The Morgan fingerprint density at radius 2 is 0.964 bits per heavy atom. The Morgan fingerprint density at radius 3 is 1.18 bits per heavy atom.